The SMILES string of the molecule is Brc1ccc(-c2nnc(N3c4ccccc4C=Cc4ccccc43)o2)cc1. The normalized spacial score (nSPS) is 12.4. The first kappa shape index (κ1) is 16.0. The van der Waals surface area contributed by atoms with Crippen LogP contribution in [0.15, 0.2) is 81.7 Å². The molecule has 0 unspecified atom stereocenters. The zero-order chi connectivity index (χ0) is 18.2. The van der Waals surface area contributed by atoms with Crippen molar-refractivity contribution in [1.29, 1.82) is 0 Å². The van der Waals surface area contributed by atoms with E-state index in [0.29, 0.717) is 11.9 Å². The minimum atomic E-state index is 0.441. The summed E-state index contributed by atoms with van der Waals surface area (Å²) in [7, 11) is 0. The zero-order valence-electron chi connectivity index (χ0n) is 14.2. The number of rotatable bonds is 2. The van der Waals surface area contributed by atoms with Gasteiger partial charge in [0, 0.05) is 10.0 Å². The van der Waals surface area contributed by atoms with Gasteiger partial charge in [-0.15, -0.1) is 5.10 Å². The Morgan fingerprint density at radius 1 is 0.704 bits per heavy atom. The maximum absolute atomic E-state index is 6.08. The summed E-state index contributed by atoms with van der Waals surface area (Å²) in [5.74, 6) is 0.490. The Hall–Kier alpha value is -3.18. The van der Waals surface area contributed by atoms with Crippen LogP contribution in [-0.4, -0.2) is 10.2 Å². The van der Waals surface area contributed by atoms with Gasteiger partial charge in [0.15, 0.2) is 0 Å². The van der Waals surface area contributed by atoms with E-state index in [1.54, 1.807) is 0 Å². The molecular formula is C22H14BrN3O. The summed E-state index contributed by atoms with van der Waals surface area (Å²) in [5.41, 5.74) is 5.08. The van der Waals surface area contributed by atoms with Gasteiger partial charge in [-0.05, 0) is 47.5 Å². The second kappa shape index (κ2) is 6.52. The summed E-state index contributed by atoms with van der Waals surface area (Å²) >= 11 is 3.45. The average Bonchev–Trinajstić information content (AvgIpc) is 3.12. The first-order chi connectivity index (χ1) is 13.3. The van der Waals surface area contributed by atoms with Gasteiger partial charge in [0.1, 0.15) is 0 Å². The number of hydrogen-bond acceptors (Lipinski definition) is 4. The smallest absolute Gasteiger partial charge is 0.327 e. The van der Waals surface area contributed by atoms with E-state index in [9.17, 15) is 0 Å². The average molecular weight is 416 g/mol. The molecule has 0 amide bonds. The van der Waals surface area contributed by atoms with Crippen LogP contribution in [0.3, 0.4) is 0 Å². The Balaban J connectivity index is 1.67. The quantitative estimate of drug-likeness (QED) is 0.332. The molecule has 2 heterocycles. The number of fused-ring (bicyclic) bond motifs is 2. The molecule has 0 atom stereocenters. The Labute approximate surface area is 164 Å². The molecule has 5 rings (SSSR count). The van der Waals surface area contributed by atoms with Crippen LogP contribution in [0.4, 0.5) is 17.4 Å². The second-order valence-corrected chi connectivity index (χ2v) is 7.10. The van der Waals surface area contributed by atoms with Crippen molar-refractivity contribution in [2.45, 2.75) is 0 Å². The van der Waals surface area contributed by atoms with Crippen LogP contribution < -0.4 is 4.90 Å². The van der Waals surface area contributed by atoms with Gasteiger partial charge in [-0.2, -0.15) is 0 Å². The van der Waals surface area contributed by atoms with E-state index in [-0.39, 0.29) is 0 Å². The fourth-order valence-corrected chi connectivity index (χ4v) is 3.46. The van der Waals surface area contributed by atoms with Gasteiger partial charge in [0.05, 0.1) is 11.4 Å². The van der Waals surface area contributed by atoms with Crippen molar-refractivity contribution in [2.75, 3.05) is 4.90 Å². The van der Waals surface area contributed by atoms with Crippen LogP contribution in [0.1, 0.15) is 11.1 Å². The number of aromatic nitrogens is 2. The molecular weight excluding hydrogens is 402 g/mol. The molecule has 1 aliphatic rings. The largest absolute Gasteiger partial charge is 0.403 e. The molecule has 0 spiro atoms. The van der Waals surface area contributed by atoms with Crippen LogP contribution in [0.5, 0.6) is 0 Å². The Kier molecular flexibility index (Phi) is 3.87. The van der Waals surface area contributed by atoms with Crippen molar-refractivity contribution in [3.8, 4) is 11.5 Å². The maximum atomic E-state index is 6.08. The maximum Gasteiger partial charge on any atom is 0.327 e. The molecule has 1 aliphatic heterocycles. The molecule has 0 saturated carbocycles. The summed E-state index contributed by atoms with van der Waals surface area (Å²) in [6, 6.07) is 24.6. The fourth-order valence-electron chi connectivity index (χ4n) is 3.19. The molecule has 5 heteroatoms. The number of para-hydroxylation sites is 2. The molecule has 0 aliphatic carbocycles. The molecule has 0 fully saturated rings. The van der Waals surface area contributed by atoms with Crippen molar-refractivity contribution in [1.82, 2.24) is 10.2 Å². The number of benzene rings is 3. The van der Waals surface area contributed by atoms with Crippen molar-refractivity contribution in [3.63, 3.8) is 0 Å². The van der Waals surface area contributed by atoms with Crippen molar-refractivity contribution in [3.05, 3.63) is 88.4 Å². The lowest BCUT2D eigenvalue weighted by molar-refractivity contribution is 0.575. The van der Waals surface area contributed by atoms with Gasteiger partial charge in [-0.1, -0.05) is 69.6 Å². The highest BCUT2D eigenvalue weighted by atomic mass is 79.9. The summed E-state index contributed by atoms with van der Waals surface area (Å²) in [5, 5.41) is 8.62. The lowest BCUT2D eigenvalue weighted by Crippen LogP contribution is -2.12. The number of anilines is 3. The first-order valence-corrected chi connectivity index (χ1v) is 9.35. The lowest BCUT2D eigenvalue weighted by Gasteiger charge is -2.22. The van der Waals surface area contributed by atoms with Crippen molar-refractivity contribution < 1.29 is 4.42 Å². The molecule has 0 radical (unpaired) electrons. The fraction of sp³-hybridized carbons (Fsp3) is 0. The van der Waals surface area contributed by atoms with Crippen LogP contribution in [0, 0.1) is 0 Å². The van der Waals surface area contributed by atoms with Crippen LogP contribution >= 0.6 is 15.9 Å². The van der Waals surface area contributed by atoms with Crippen molar-refractivity contribution >= 4 is 45.5 Å². The molecule has 0 bridgehead atoms. The molecule has 0 saturated heterocycles. The second-order valence-electron chi connectivity index (χ2n) is 6.18. The molecule has 1 aromatic heterocycles. The van der Waals surface area contributed by atoms with Crippen LogP contribution in [0.2, 0.25) is 0 Å². The van der Waals surface area contributed by atoms with E-state index in [1.807, 2.05) is 53.4 Å². The predicted molar refractivity (Wildman–Crippen MR) is 111 cm³/mol. The van der Waals surface area contributed by atoms with E-state index >= 15 is 0 Å². The summed E-state index contributed by atoms with van der Waals surface area (Å²) in [4.78, 5) is 2.01. The van der Waals surface area contributed by atoms with E-state index in [1.165, 1.54) is 0 Å². The van der Waals surface area contributed by atoms with Gasteiger partial charge in [-0.3, -0.25) is 4.90 Å². The third kappa shape index (κ3) is 2.86. The highest BCUT2D eigenvalue weighted by Crippen LogP contribution is 2.41. The number of hydrogen-bond donors (Lipinski definition) is 0. The summed E-state index contributed by atoms with van der Waals surface area (Å²) in [6.45, 7) is 0. The molecule has 4 nitrogen and oxygen atoms in total. The van der Waals surface area contributed by atoms with Crippen LogP contribution in [0.25, 0.3) is 23.6 Å². The van der Waals surface area contributed by atoms with Gasteiger partial charge < -0.3 is 4.42 Å². The molecule has 3 aromatic carbocycles. The number of nitrogens with zero attached hydrogens (tertiary/aromatic N) is 3. The first-order valence-electron chi connectivity index (χ1n) is 8.55. The summed E-state index contributed by atoms with van der Waals surface area (Å²) in [6.07, 6.45) is 4.22. The van der Waals surface area contributed by atoms with Crippen LogP contribution in [-0.2, 0) is 0 Å². The number of halogens is 1. The van der Waals surface area contributed by atoms with Crippen molar-refractivity contribution in [2.24, 2.45) is 0 Å². The summed E-state index contributed by atoms with van der Waals surface area (Å²) < 4.78 is 7.09. The Morgan fingerprint density at radius 2 is 1.30 bits per heavy atom. The highest BCUT2D eigenvalue weighted by molar-refractivity contribution is 9.10. The lowest BCUT2D eigenvalue weighted by atomic mass is 10.1. The Bertz CT molecular complexity index is 1100. The van der Waals surface area contributed by atoms with Gasteiger partial charge in [-0.25, -0.2) is 0 Å². The van der Waals surface area contributed by atoms with E-state index in [2.05, 4.69) is 62.5 Å². The molecule has 130 valence electrons. The third-order valence-electron chi connectivity index (χ3n) is 4.49. The minimum Gasteiger partial charge on any atom is -0.403 e. The standard InChI is InChI=1S/C22H14BrN3O/c23-18-13-11-17(12-14-18)21-24-25-22(27-21)26-19-7-3-1-5-15(19)9-10-16-6-2-4-8-20(16)26/h1-14H. The molecule has 0 N–H and O–H groups in total. The molecule has 27 heavy (non-hydrogen) atoms. The predicted octanol–water partition coefficient (Wildman–Crippen LogP) is 6.45. The monoisotopic (exact) mass is 415 g/mol. The zero-order valence-corrected chi connectivity index (χ0v) is 15.8. The topological polar surface area (TPSA) is 42.2 Å². The van der Waals surface area contributed by atoms with E-state index in [0.717, 1.165) is 32.5 Å². The highest BCUT2D eigenvalue weighted by Gasteiger charge is 2.24. The Morgan fingerprint density at radius 3 is 1.93 bits per heavy atom. The minimum absolute atomic E-state index is 0.441. The van der Waals surface area contributed by atoms with Gasteiger partial charge in [0.2, 0.25) is 5.89 Å². The van der Waals surface area contributed by atoms with E-state index in [4.69, 9.17) is 4.42 Å². The molecule has 4 aromatic rings. The van der Waals surface area contributed by atoms with Gasteiger partial charge >= 0.3 is 6.01 Å². The van der Waals surface area contributed by atoms with E-state index < -0.39 is 0 Å². The third-order valence-corrected chi connectivity index (χ3v) is 5.02. The van der Waals surface area contributed by atoms with Gasteiger partial charge in [0.25, 0.3) is 0 Å².